The van der Waals surface area contributed by atoms with Gasteiger partial charge in [-0.05, 0) is 20.4 Å². The summed E-state index contributed by atoms with van der Waals surface area (Å²) in [5.74, 6) is 0.272. The lowest BCUT2D eigenvalue weighted by Gasteiger charge is -2.23. The van der Waals surface area contributed by atoms with Crippen molar-refractivity contribution in [2.75, 3.05) is 25.9 Å². The number of thiol groups is 1. The van der Waals surface area contributed by atoms with E-state index in [0.29, 0.717) is 12.6 Å². The number of likely N-dealkylation sites (N-methyl/N-ethyl adjacent to an activating group) is 1. The third-order valence-electron chi connectivity index (χ3n) is 2.27. The second-order valence-corrected chi connectivity index (χ2v) is 3.56. The van der Waals surface area contributed by atoms with Gasteiger partial charge < -0.3 is 10.2 Å². The maximum atomic E-state index is 10.8. The van der Waals surface area contributed by atoms with Gasteiger partial charge in [0, 0.05) is 19.1 Å². The molecule has 1 N–H and O–H groups in total. The number of nitrogens with zero attached hydrogens (tertiary/aromatic N) is 1. The van der Waals surface area contributed by atoms with Gasteiger partial charge in [-0.2, -0.15) is 12.6 Å². The predicted molar refractivity (Wildman–Crippen MR) is 59.2 cm³/mol. The quantitative estimate of drug-likeness (QED) is 0.626. The Morgan fingerprint density at radius 2 is 2.23 bits per heavy atom. The van der Waals surface area contributed by atoms with Crippen molar-refractivity contribution in [1.82, 2.24) is 10.2 Å². The number of rotatable bonds is 6. The fraction of sp³-hybridized carbons (Fsp3) is 0.889. The summed E-state index contributed by atoms with van der Waals surface area (Å²) in [6, 6.07) is 0.577. The Morgan fingerprint density at radius 3 is 2.69 bits per heavy atom. The van der Waals surface area contributed by atoms with E-state index in [2.05, 4.69) is 43.7 Å². The van der Waals surface area contributed by atoms with Crippen LogP contribution < -0.4 is 5.32 Å². The predicted octanol–water partition coefficient (Wildman–Crippen LogP) is 0.763. The molecular formula is C9H20N2OS. The van der Waals surface area contributed by atoms with Gasteiger partial charge in [-0.15, -0.1) is 0 Å². The van der Waals surface area contributed by atoms with Crippen molar-refractivity contribution in [2.24, 2.45) is 0 Å². The largest absolute Gasteiger partial charge is 0.354 e. The minimum Gasteiger partial charge on any atom is -0.354 e. The Kier molecular flexibility index (Phi) is 7.09. The van der Waals surface area contributed by atoms with Crippen LogP contribution in [0.25, 0.3) is 0 Å². The molecule has 1 atom stereocenters. The second kappa shape index (κ2) is 7.21. The van der Waals surface area contributed by atoms with Crippen molar-refractivity contribution >= 4 is 18.5 Å². The van der Waals surface area contributed by atoms with E-state index >= 15 is 0 Å². The molecule has 0 saturated heterocycles. The first kappa shape index (κ1) is 12.8. The first-order valence-corrected chi connectivity index (χ1v) is 5.32. The summed E-state index contributed by atoms with van der Waals surface area (Å²) in [4.78, 5) is 13.1. The maximum Gasteiger partial charge on any atom is 0.229 e. The molecule has 0 aliphatic heterocycles. The van der Waals surface area contributed by atoms with Gasteiger partial charge in [-0.25, -0.2) is 0 Å². The van der Waals surface area contributed by atoms with Gasteiger partial charge in [0.2, 0.25) is 5.91 Å². The van der Waals surface area contributed by atoms with Crippen molar-refractivity contribution in [2.45, 2.75) is 26.3 Å². The van der Waals surface area contributed by atoms with Crippen LogP contribution in [0.15, 0.2) is 0 Å². The minimum absolute atomic E-state index is 0.000819. The lowest BCUT2D eigenvalue weighted by molar-refractivity contribution is -0.118. The lowest BCUT2D eigenvalue weighted by atomic mass is 10.2. The van der Waals surface area contributed by atoms with Gasteiger partial charge >= 0.3 is 0 Å². The van der Waals surface area contributed by atoms with Gasteiger partial charge in [0.25, 0.3) is 0 Å². The van der Waals surface area contributed by atoms with Gasteiger partial charge in [0.05, 0.1) is 5.75 Å². The van der Waals surface area contributed by atoms with E-state index in [-0.39, 0.29) is 11.7 Å². The van der Waals surface area contributed by atoms with Crippen molar-refractivity contribution in [3.63, 3.8) is 0 Å². The monoisotopic (exact) mass is 204 g/mol. The zero-order valence-corrected chi connectivity index (χ0v) is 9.60. The molecule has 78 valence electrons. The van der Waals surface area contributed by atoms with Crippen LogP contribution in [-0.2, 0) is 4.79 Å². The molecule has 0 saturated carbocycles. The normalized spacial score (nSPS) is 13.0. The van der Waals surface area contributed by atoms with Gasteiger partial charge in [0.1, 0.15) is 0 Å². The zero-order chi connectivity index (χ0) is 10.3. The van der Waals surface area contributed by atoms with Gasteiger partial charge in [-0.1, -0.05) is 6.92 Å². The van der Waals surface area contributed by atoms with Crippen molar-refractivity contribution in [3.8, 4) is 0 Å². The molecule has 0 heterocycles. The Bertz CT molecular complexity index is 153. The first-order valence-electron chi connectivity index (χ1n) is 4.69. The average molecular weight is 204 g/mol. The van der Waals surface area contributed by atoms with Crippen LogP contribution >= 0.6 is 12.6 Å². The number of hydrogen-bond donors (Lipinski definition) is 2. The molecule has 13 heavy (non-hydrogen) atoms. The molecule has 0 rings (SSSR count). The minimum atomic E-state index is 0.000819. The van der Waals surface area contributed by atoms with Gasteiger partial charge in [-0.3, -0.25) is 4.79 Å². The number of amides is 1. The second-order valence-electron chi connectivity index (χ2n) is 3.25. The van der Waals surface area contributed by atoms with Gasteiger partial charge in [0.15, 0.2) is 0 Å². The van der Waals surface area contributed by atoms with Crippen molar-refractivity contribution in [1.29, 1.82) is 0 Å². The Balaban J connectivity index is 3.47. The SMILES string of the molecule is CCC(C)N(C)CCNC(=O)CS. The molecule has 0 fully saturated rings. The van der Waals surface area contributed by atoms with E-state index in [9.17, 15) is 4.79 Å². The Labute approximate surface area is 86.3 Å². The first-order chi connectivity index (χ1) is 6.11. The molecule has 1 unspecified atom stereocenters. The van der Waals surface area contributed by atoms with E-state index in [0.717, 1.165) is 13.0 Å². The highest BCUT2D eigenvalue weighted by atomic mass is 32.1. The summed E-state index contributed by atoms with van der Waals surface area (Å²) in [5, 5.41) is 2.79. The Morgan fingerprint density at radius 1 is 1.62 bits per heavy atom. The summed E-state index contributed by atoms with van der Waals surface area (Å²) >= 11 is 3.87. The topological polar surface area (TPSA) is 32.3 Å². The molecule has 0 aliphatic carbocycles. The summed E-state index contributed by atoms with van der Waals surface area (Å²) in [5.41, 5.74) is 0. The van der Waals surface area contributed by atoms with Crippen LogP contribution in [0, 0.1) is 0 Å². The lowest BCUT2D eigenvalue weighted by Crippen LogP contribution is -2.37. The van der Waals surface area contributed by atoms with E-state index in [1.54, 1.807) is 0 Å². The maximum absolute atomic E-state index is 10.8. The number of carbonyl (C=O) groups excluding carboxylic acids is 1. The summed E-state index contributed by atoms with van der Waals surface area (Å²) in [7, 11) is 2.07. The summed E-state index contributed by atoms with van der Waals surface area (Å²) in [6.07, 6.45) is 1.14. The van der Waals surface area contributed by atoms with E-state index in [1.165, 1.54) is 0 Å². The molecule has 4 heteroatoms. The van der Waals surface area contributed by atoms with Crippen LogP contribution in [0.3, 0.4) is 0 Å². The molecule has 0 aliphatic rings. The molecule has 0 aromatic heterocycles. The highest BCUT2D eigenvalue weighted by Gasteiger charge is 2.05. The average Bonchev–Trinajstić information content (AvgIpc) is 2.15. The van der Waals surface area contributed by atoms with E-state index < -0.39 is 0 Å². The molecule has 0 aromatic carbocycles. The zero-order valence-electron chi connectivity index (χ0n) is 8.71. The molecule has 0 radical (unpaired) electrons. The molecule has 0 bridgehead atoms. The third kappa shape index (κ3) is 5.93. The van der Waals surface area contributed by atoms with Crippen LogP contribution in [-0.4, -0.2) is 42.7 Å². The highest BCUT2D eigenvalue weighted by Crippen LogP contribution is 1.97. The smallest absolute Gasteiger partial charge is 0.229 e. The van der Waals surface area contributed by atoms with Crippen molar-refractivity contribution < 1.29 is 4.79 Å². The van der Waals surface area contributed by atoms with Crippen molar-refractivity contribution in [3.05, 3.63) is 0 Å². The standard InChI is InChI=1S/C9H20N2OS/c1-4-8(2)11(3)6-5-10-9(12)7-13/h8,13H,4-7H2,1-3H3,(H,10,12). The van der Waals surface area contributed by atoms with Crippen LogP contribution in [0.5, 0.6) is 0 Å². The number of hydrogen-bond acceptors (Lipinski definition) is 3. The van der Waals surface area contributed by atoms with Crippen LogP contribution in [0.2, 0.25) is 0 Å². The van der Waals surface area contributed by atoms with E-state index in [4.69, 9.17) is 0 Å². The fourth-order valence-corrected chi connectivity index (χ4v) is 1.07. The number of carbonyl (C=O) groups is 1. The summed E-state index contributed by atoms with van der Waals surface area (Å²) in [6.45, 7) is 5.95. The van der Waals surface area contributed by atoms with Crippen LogP contribution in [0.1, 0.15) is 20.3 Å². The molecular weight excluding hydrogens is 184 g/mol. The number of nitrogens with one attached hydrogen (secondary N) is 1. The van der Waals surface area contributed by atoms with E-state index in [1.807, 2.05) is 0 Å². The Hall–Kier alpha value is -0.220. The molecule has 3 nitrogen and oxygen atoms in total. The molecule has 0 spiro atoms. The van der Waals surface area contributed by atoms with Crippen LogP contribution in [0.4, 0.5) is 0 Å². The summed E-state index contributed by atoms with van der Waals surface area (Å²) < 4.78 is 0. The molecule has 1 amide bonds. The fourth-order valence-electron chi connectivity index (χ4n) is 0.960. The third-order valence-corrected chi connectivity index (χ3v) is 2.56. The highest BCUT2D eigenvalue weighted by molar-refractivity contribution is 7.81. The molecule has 0 aromatic rings.